The van der Waals surface area contributed by atoms with Crippen molar-refractivity contribution in [2.75, 3.05) is 31.1 Å². The predicted molar refractivity (Wildman–Crippen MR) is 83.5 cm³/mol. The second kappa shape index (κ2) is 5.39. The van der Waals surface area contributed by atoms with E-state index in [9.17, 15) is 9.59 Å². The van der Waals surface area contributed by atoms with Crippen molar-refractivity contribution in [1.82, 2.24) is 9.80 Å². The molecule has 5 heteroatoms. The minimum absolute atomic E-state index is 0.0305. The van der Waals surface area contributed by atoms with Gasteiger partial charge in [0.15, 0.2) is 0 Å². The number of amides is 2. The van der Waals surface area contributed by atoms with E-state index in [-0.39, 0.29) is 23.9 Å². The van der Waals surface area contributed by atoms with Crippen molar-refractivity contribution in [3.05, 3.63) is 30.3 Å². The molecule has 2 heterocycles. The summed E-state index contributed by atoms with van der Waals surface area (Å²) in [6.45, 7) is 3.50. The molecule has 0 aromatic heterocycles. The zero-order valence-electron chi connectivity index (χ0n) is 12.6. The first-order chi connectivity index (χ1) is 10.7. The van der Waals surface area contributed by atoms with Crippen LogP contribution in [0.3, 0.4) is 0 Å². The second-order valence-electron chi connectivity index (χ2n) is 6.41. The number of rotatable bonds is 3. The fourth-order valence-corrected chi connectivity index (χ4v) is 3.57. The van der Waals surface area contributed by atoms with Gasteiger partial charge in [0.2, 0.25) is 11.8 Å². The van der Waals surface area contributed by atoms with E-state index in [0.717, 1.165) is 39.0 Å². The van der Waals surface area contributed by atoms with Gasteiger partial charge in [-0.2, -0.15) is 0 Å². The molecule has 3 fully saturated rings. The lowest BCUT2D eigenvalue weighted by Gasteiger charge is -2.38. The molecule has 1 atom stereocenters. The molecular weight excluding hydrogens is 278 g/mol. The molecule has 116 valence electrons. The first-order valence-electron chi connectivity index (χ1n) is 8.14. The summed E-state index contributed by atoms with van der Waals surface area (Å²) in [5, 5.41) is 0. The highest BCUT2D eigenvalue weighted by Crippen LogP contribution is 2.33. The molecule has 2 aliphatic heterocycles. The molecule has 1 saturated carbocycles. The normalized spacial score (nSPS) is 26.8. The predicted octanol–water partition coefficient (Wildman–Crippen LogP) is 1.10. The van der Waals surface area contributed by atoms with Crippen molar-refractivity contribution in [2.24, 2.45) is 0 Å². The summed E-state index contributed by atoms with van der Waals surface area (Å²) >= 11 is 0. The largest absolute Gasteiger partial charge is 0.369 e. The fraction of sp³-hybridized carbons (Fsp3) is 0.529. The van der Waals surface area contributed by atoms with Gasteiger partial charge >= 0.3 is 0 Å². The van der Waals surface area contributed by atoms with Crippen LogP contribution in [-0.2, 0) is 9.59 Å². The van der Waals surface area contributed by atoms with Crippen LogP contribution in [0.15, 0.2) is 30.3 Å². The molecule has 1 aromatic carbocycles. The van der Waals surface area contributed by atoms with Crippen molar-refractivity contribution in [2.45, 2.75) is 31.3 Å². The van der Waals surface area contributed by atoms with Gasteiger partial charge in [-0.1, -0.05) is 18.2 Å². The number of para-hydroxylation sites is 1. The molecule has 0 spiro atoms. The van der Waals surface area contributed by atoms with Gasteiger partial charge in [0.1, 0.15) is 0 Å². The van der Waals surface area contributed by atoms with Gasteiger partial charge in [0.05, 0.1) is 12.5 Å². The van der Waals surface area contributed by atoms with E-state index >= 15 is 0 Å². The average Bonchev–Trinajstić information content (AvgIpc) is 3.34. The third kappa shape index (κ3) is 2.39. The molecule has 0 N–H and O–H groups in total. The molecule has 2 saturated heterocycles. The van der Waals surface area contributed by atoms with E-state index in [1.165, 1.54) is 10.6 Å². The van der Waals surface area contributed by atoms with Crippen molar-refractivity contribution >= 4 is 17.5 Å². The smallest absolute Gasteiger partial charge is 0.247 e. The van der Waals surface area contributed by atoms with Crippen LogP contribution in [0.2, 0.25) is 0 Å². The van der Waals surface area contributed by atoms with Crippen LogP contribution >= 0.6 is 0 Å². The lowest BCUT2D eigenvalue weighted by molar-refractivity contribution is -0.140. The number of anilines is 1. The molecule has 1 aromatic rings. The SMILES string of the molecule is O=C1C[C@@H](N2CCN(c3ccccc3)CC2)C(=O)N1C1CC1. The van der Waals surface area contributed by atoms with Crippen LogP contribution in [0.5, 0.6) is 0 Å². The van der Waals surface area contributed by atoms with Gasteiger partial charge < -0.3 is 4.90 Å². The number of hydrogen-bond acceptors (Lipinski definition) is 4. The van der Waals surface area contributed by atoms with Crippen molar-refractivity contribution in [1.29, 1.82) is 0 Å². The van der Waals surface area contributed by atoms with Crippen LogP contribution in [0.1, 0.15) is 19.3 Å². The number of piperazine rings is 1. The van der Waals surface area contributed by atoms with Crippen LogP contribution in [0.4, 0.5) is 5.69 Å². The van der Waals surface area contributed by atoms with Gasteiger partial charge in [-0.3, -0.25) is 19.4 Å². The summed E-state index contributed by atoms with van der Waals surface area (Å²) in [7, 11) is 0. The van der Waals surface area contributed by atoms with Gasteiger partial charge in [-0.15, -0.1) is 0 Å². The van der Waals surface area contributed by atoms with Crippen molar-refractivity contribution < 1.29 is 9.59 Å². The zero-order valence-corrected chi connectivity index (χ0v) is 12.6. The summed E-state index contributed by atoms with van der Waals surface area (Å²) in [5.74, 6) is 0.0728. The number of carbonyl (C=O) groups is 2. The maximum Gasteiger partial charge on any atom is 0.247 e. The number of imide groups is 1. The van der Waals surface area contributed by atoms with Crippen LogP contribution in [-0.4, -0.2) is 59.9 Å². The van der Waals surface area contributed by atoms with Gasteiger partial charge in [0.25, 0.3) is 0 Å². The van der Waals surface area contributed by atoms with Crippen LogP contribution in [0, 0.1) is 0 Å². The summed E-state index contributed by atoms with van der Waals surface area (Å²) in [6.07, 6.45) is 2.36. The van der Waals surface area contributed by atoms with Crippen LogP contribution in [0.25, 0.3) is 0 Å². The maximum absolute atomic E-state index is 12.5. The molecule has 2 amide bonds. The Morgan fingerprint density at radius 2 is 1.59 bits per heavy atom. The van der Waals surface area contributed by atoms with Crippen LogP contribution < -0.4 is 4.90 Å². The third-order valence-corrected chi connectivity index (χ3v) is 4.95. The minimum atomic E-state index is -0.217. The number of carbonyl (C=O) groups excluding carboxylic acids is 2. The van der Waals surface area contributed by atoms with E-state index in [0.29, 0.717) is 6.42 Å². The lowest BCUT2D eigenvalue weighted by Crippen LogP contribution is -2.52. The monoisotopic (exact) mass is 299 g/mol. The quantitative estimate of drug-likeness (QED) is 0.784. The minimum Gasteiger partial charge on any atom is -0.369 e. The molecule has 22 heavy (non-hydrogen) atoms. The standard InChI is InChI=1S/C17H21N3O2/c21-16-12-15(17(22)20(16)14-6-7-14)19-10-8-18(9-11-19)13-4-2-1-3-5-13/h1-5,14-15H,6-12H2/t15-/m1/s1. The Bertz CT molecular complexity index is 577. The second-order valence-corrected chi connectivity index (χ2v) is 6.41. The number of likely N-dealkylation sites (tertiary alicyclic amines) is 1. The highest BCUT2D eigenvalue weighted by Gasteiger charge is 2.48. The Morgan fingerprint density at radius 1 is 0.909 bits per heavy atom. The van der Waals surface area contributed by atoms with E-state index in [4.69, 9.17) is 0 Å². The van der Waals surface area contributed by atoms with Crippen molar-refractivity contribution in [3.63, 3.8) is 0 Å². The molecular formula is C17H21N3O2. The molecule has 5 nitrogen and oxygen atoms in total. The Morgan fingerprint density at radius 3 is 2.23 bits per heavy atom. The Balaban J connectivity index is 1.40. The lowest BCUT2D eigenvalue weighted by atomic mass is 10.1. The van der Waals surface area contributed by atoms with Gasteiger partial charge in [-0.05, 0) is 25.0 Å². The molecule has 0 bridgehead atoms. The number of benzene rings is 1. The van der Waals surface area contributed by atoms with E-state index in [1.807, 2.05) is 18.2 Å². The average molecular weight is 299 g/mol. The van der Waals surface area contributed by atoms with Gasteiger partial charge in [-0.25, -0.2) is 0 Å². The van der Waals surface area contributed by atoms with Gasteiger partial charge in [0, 0.05) is 37.9 Å². The fourth-order valence-electron chi connectivity index (χ4n) is 3.57. The molecule has 0 radical (unpaired) electrons. The third-order valence-electron chi connectivity index (χ3n) is 4.95. The Labute approximate surface area is 130 Å². The zero-order chi connectivity index (χ0) is 15.1. The summed E-state index contributed by atoms with van der Waals surface area (Å²) in [5.41, 5.74) is 1.23. The van der Waals surface area contributed by atoms with Crippen molar-refractivity contribution in [3.8, 4) is 0 Å². The molecule has 1 aliphatic carbocycles. The summed E-state index contributed by atoms with van der Waals surface area (Å²) in [6, 6.07) is 10.3. The molecule has 0 unspecified atom stereocenters. The van der Waals surface area contributed by atoms with E-state index in [2.05, 4.69) is 21.9 Å². The van der Waals surface area contributed by atoms with E-state index < -0.39 is 0 Å². The topological polar surface area (TPSA) is 43.9 Å². The molecule has 4 rings (SSSR count). The first kappa shape index (κ1) is 13.8. The molecule has 3 aliphatic rings. The number of hydrogen-bond donors (Lipinski definition) is 0. The summed E-state index contributed by atoms with van der Waals surface area (Å²) in [4.78, 5) is 30.6. The Kier molecular flexibility index (Phi) is 3.37. The highest BCUT2D eigenvalue weighted by molar-refractivity contribution is 6.06. The highest BCUT2D eigenvalue weighted by atomic mass is 16.2. The Hall–Kier alpha value is -1.88. The number of nitrogens with zero attached hydrogens (tertiary/aromatic N) is 3. The maximum atomic E-state index is 12.5. The van der Waals surface area contributed by atoms with E-state index in [1.54, 1.807) is 0 Å². The summed E-state index contributed by atoms with van der Waals surface area (Å²) < 4.78 is 0. The first-order valence-corrected chi connectivity index (χ1v) is 8.14.